The molecule has 0 nitrogen and oxygen atoms in total. The predicted molar refractivity (Wildman–Crippen MR) is 78.1 cm³/mol. The van der Waals surface area contributed by atoms with Gasteiger partial charge in [0.1, 0.15) is 0 Å². The van der Waals surface area contributed by atoms with Crippen LogP contribution in [0, 0.1) is 0 Å². The van der Waals surface area contributed by atoms with Crippen LogP contribution in [0.5, 0.6) is 0 Å². The third-order valence-corrected chi connectivity index (χ3v) is 4.36. The molecule has 0 saturated carbocycles. The van der Waals surface area contributed by atoms with Crippen molar-refractivity contribution in [1.82, 2.24) is 0 Å². The number of fused-ring (bicyclic) bond motifs is 1. The van der Waals surface area contributed by atoms with E-state index in [1.54, 1.807) is 24.3 Å². The molecule has 3 aromatic rings. The van der Waals surface area contributed by atoms with Crippen LogP contribution < -0.4 is 5.19 Å². The lowest BCUT2D eigenvalue weighted by Gasteiger charge is -2.12. The van der Waals surface area contributed by atoms with Crippen LogP contribution in [0.25, 0.3) is 21.9 Å². The van der Waals surface area contributed by atoms with Gasteiger partial charge in [-0.3, -0.25) is 0 Å². The van der Waals surface area contributed by atoms with Gasteiger partial charge < -0.3 is 0 Å². The Morgan fingerprint density at radius 2 is 1.20 bits per heavy atom. The maximum atomic E-state index is 13.3. The lowest BCUT2D eigenvalue weighted by Crippen LogP contribution is -2.35. The van der Waals surface area contributed by atoms with Gasteiger partial charge in [-0.2, -0.15) is 0 Å². The molecular formula is C16H11F3Si. The first-order valence-electron chi connectivity index (χ1n) is 6.22. The number of hydrogen-bond acceptors (Lipinski definition) is 0. The van der Waals surface area contributed by atoms with E-state index in [1.807, 2.05) is 30.3 Å². The Hall–Kier alpha value is -2.07. The second-order valence-electron chi connectivity index (χ2n) is 4.57. The summed E-state index contributed by atoms with van der Waals surface area (Å²) in [6.45, 7) is 0. The van der Waals surface area contributed by atoms with Crippen LogP contribution in [-0.4, -0.2) is 9.08 Å². The molecule has 0 saturated heterocycles. The zero-order valence-electron chi connectivity index (χ0n) is 10.5. The number of halogens is 3. The van der Waals surface area contributed by atoms with Crippen LogP contribution in [0.4, 0.5) is 12.3 Å². The Balaban J connectivity index is 2.32. The molecule has 100 valence electrons. The highest BCUT2D eigenvalue weighted by molar-refractivity contribution is 6.75. The summed E-state index contributed by atoms with van der Waals surface area (Å²) in [7, 11) is -5.85. The lowest BCUT2D eigenvalue weighted by molar-refractivity contribution is 0.501. The van der Waals surface area contributed by atoms with Crippen LogP contribution in [0.2, 0.25) is 0 Å². The average Bonchev–Trinajstić information content (AvgIpc) is 2.46. The summed E-state index contributed by atoms with van der Waals surface area (Å²) in [5, 5.41) is 1.33. The molecule has 0 unspecified atom stereocenters. The van der Waals surface area contributed by atoms with Gasteiger partial charge in [-0.1, -0.05) is 66.7 Å². The van der Waals surface area contributed by atoms with Crippen LogP contribution in [0.3, 0.4) is 0 Å². The summed E-state index contributed by atoms with van der Waals surface area (Å²) < 4.78 is 39.8. The summed E-state index contributed by atoms with van der Waals surface area (Å²) >= 11 is 0. The molecule has 0 aliphatic rings. The van der Waals surface area contributed by atoms with Crippen molar-refractivity contribution >= 4 is 25.0 Å². The highest BCUT2D eigenvalue weighted by Crippen LogP contribution is 2.29. The standard InChI is InChI=1S/C16H11F3Si/c17-20(18,19)16-11-4-3-9-15(16)14-10-5-7-12-6-1-2-8-13(12)14/h1-11H. The summed E-state index contributed by atoms with van der Waals surface area (Å²) in [5.74, 6) is 0. The van der Waals surface area contributed by atoms with E-state index in [9.17, 15) is 12.3 Å². The molecule has 0 aromatic heterocycles. The van der Waals surface area contributed by atoms with Crippen LogP contribution in [0.1, 0.15) is 0 Å². The van der Waals surface area contributed by atoms with E-state index in [4.69, 9.17) is 0 Å². The molecule has 0 aliphatic heterocycles. The monoisotopic (exact) mass is 288 g/mol. The summed E-state index contributed by atoms with van der Waals surface area (Å²) in [4.78, 5) is 0. The van der Waals surface area contributed by atoms with Gasteiger partial charge in [-0.25, -0.2) is 12.3 Å². The largest absolute Gasteiger partial charge is 0.653 e. The molecule has 0 fully saturated rings. The number of rotatable bonds is 2. The second-order valence-corrected chi connectivity index (χ2v) is 6.10. The summed E-state index contributed by atoms with van der Waals surface area (Å²) in [5.41, 5.74) is 0.923. The molecule has 0 amide bonds. The molecular weight excluding hydrogens is 277 g/mol. The molecule has 3 aromatic carbocycles. The quantitative estimate of drug-likeness (QED) is 0.479. The molecule has 0 heterocycles. The maximum Gasteiger partial charge on any atom is 0.653 e. The van der Waals surface area contributed by atoms with E-state index >= 15 is 0 Å². The van der Waals surface area contributed by atoms with Gasteiger partial charge in [0, 0.05) is 5.19 Å². The molecule has 0 aliphatic carbocycles. The van der Waals surface area contributed by atoms with Gasteiger partial charge in [0.2, 0.25) is 0 Å². The average molecular weight is 288 g/mol. The van der Waals surface area contributed by atoms with Crippen molar-refractivity contribution in [3.63, 3.8) is 0 Å². The van der Waals surface area contributed by atoms with E-state index in [2.05, 4.69) is 0 Å². The van der Waals surface area contributed by atoms with Gasteiger partial charge in [0.25, 0.3) is 0 Å². The first-order chi connectivity index (χ1) is 9.57. The molecule has 20 heavy (non-hydrogen) atoms. The predicted octanol–water partition coefficient (Wildman–Crippen LogP) is 4.56. The van der Waals surface area contributed by atoms with Crippen molar-refractivity contribution in [3.8, 4) is 11.1 Å². The van der Waals surface area contributed by atoms with Crippen molar-refractivity contribution < 1.29 is 12.3 Å². The van der Waals surface area contributed by atoms with Gasteiger partial charge in [0.15, 0.2) is 0 Å². The first-order valence-corrected chi connectivity index (χ1v) is 7.85. The smallest absolute Gasteiger partial charge is 0.234 e. The summed E-state index contributed by atoms with van der Waals surface area (Å²) in [6.07, 6.45) is 0. The SMILES string of the molecule is F[Si](F)(F)c1ccccc1-c1cccc2ccccc12. The fraction of sp³-hybridized carbons (Fsp3) is 0. The van der Waals surface area contributed by atoms with E-state index in [0.29, 0.717) is 5.56 Å². The molecule has 0 spiro atoms. The second kappa shape index (κ2) is 4.79. The van der Waals surface area contributed by atoms with Crippen LogP contribution in [-0.2, 0) is 0 Å². The third-order valence-electron chi connectivity index (χ3n) is 3.31. The van der Waals surface area contributed by atoms with Crippen molar-refractivity contribution in [2.45, 2.75) is 0 Å². The molecule has 0 atom stereocenters. The van der Waals surface area contributed by atoms with E-state index in [1.165, 1.54) is 12.1 Å². The van der Waals surface area contributed by atoms with Crippen molar-refractivity contribution in [2.24, 2.45) is 0 Å². The summed E-state index contributed by atoms with van der Waals surface area (Å²) in [6, 6.07) is 18.8. The molecule has 4 heteroatoms. The molecule has 0 radical (unpaired) electrons. The first kappa shape index (κ1) is 12.9. The zero-order valence-corrected chi connectivity index (χ0v) is 11.5. The van der Waals surface area contributed by atoms with Gasteiger partial charge in [0.05, 0.1) is 0 Å². The minimum Gasteiger partial charge on any atom is -0.234 e. The Bertz CT molecular complexity index is 758. The Morgan fingerprint density at radius 1 is 0.600 bits per heavy atom. The lowest BCUT2D eigenvalue weighted by atomic mass is 9.98. The minimum absolute atomic E-state index is 0.281. The Labute approximate surface area is 116 Å². The Kier molecular flexibility index (Phi) is 3.10. The molecule has 3 rings (SSSR count). The van der Waals surface area contributed by atoms with Crippen LogP contribution in [0.15, 0.2) is 66.7 Å². The van der Waals surface area contributed by atoms with Crippen molar-refractivity contribution in [2.75, 3.05) is 0 Å². The van der Waals surface area contributed by atoms with E-state index in [0.717, 1.165) is 10.8 Å². The fourth-order valence-corrected chi connectivity index (χ4v) is 3.23. The Morgan fingerprint density at radius 3 is 2.00 bits per heavy atom. The van der Waals surface area contributed by atoms with Gasteiger partial charge in [-0.05, 0) is 21.9 Å². The minimum atomic E-state index is -5.85. The zero-order chi connectivity index (χ0) is 14.2. The van der Waals surface area contributed by atoms with Gasteiger partial charge in [-0.15, -0.1) is 0 Å². The fourth-order valence-electron chi connectivity index (χ4n) is 2.43. The molecule has 0 N–H and O–H groups in total. The number of hydrogen-bond donors (Lipinski definition) is 0. The number of benzene rings is 3. The normalized spacial score (nSPS) is 11.8. The topological polar surface area (TPSA) is 0 Å². The van der Waals surface area contributed by atoms with Crippen molar-refractivity contribution in [1.29, 1.82) is 0 Å². The highest BCUT2D eigenvalue weighted by atomic mass is 28.5. The van der Waals surface area contributed by atoms with Crippen LogP contribution >= 0.6 is 0 Å². The highest BCUT2D eigenvalue weighted by Gasteiger charge is 2.42. The van der Waals surface area contributed by atoms with E-state index in [-0.39, 0.29) is 5.56 Å². The third kappa shape index (κ3) is 2.23. The van der Waals surface area contributed by atoms with E-state index < -0.39 is 14.3 Å². The van der Waals surface area contributed by atoms with Gasteiger partial charge >= 0.3 is 9.08 Å². The van der Waals surface area contributed by atoms with Crippen molar-refractivity contribution in [3.05, 3.63) is 66.7 Å². The maximum absolute atomic E-state index is 13.3. The molecule has 0 bridgehead atoms.